The van der Waals surface area contributed by atoms with Gasteiger partial charge >= 0.3 is 0 Å². The van der Waals surface area contributed by atoms with Gasteiger partial charge in [-0.1, -0.05) is 6.07 Å². The first kappa shape index (κ1) is 7.77. The molecule has 2 nitrogen and oxygen atoms in total. The molecule has 0 aliphatic carbocycles. The maximum absolute atomic E-state index is 5.21. The molecule has 11 heavy (non-hydrogen) atoms. The van der Waals surface area contributed by atoms with Crippen LogP contribution < -0.4 is 0 Å². The molecule has 1 aromatic heterocycles. The van der Waals surface area contributed by atoms with Crippen molar-refractivity contribution in [3.8, 4) is 12.3 Å². The van der Waals surface area contributed by atoms with Crippen molar-refractivity contribution in [2.45, 2.75) is 6.61 Å². The lowest BCUT2D eigenvalue weighted by Crippen LogP contribution is -1.93. The van der Waals surface area contributed by atoms with Gasteiger partial charge in [-0.2, -0.15) is 0 Å². The molecule has 1 heterocycles. The molecule has 0 fully saturated rings. The van der Waals surface area contributed by atoms with E-state index in [0.29, 0.717) is 12.3 Å². The Labute approximate surface area is 66.2 Å². The Bertz CT molecular complexity index is 275. The molecule has 0 saturated heterocycles. The van der Waals surface area contributed by atoms with Crippen LogP contribution in [-0.4, -0.2) is 12.1 Å². The van der Waals surface area contributed by atoms with Crippen LogP contribution in [0.5, 0.6) is 0 Å². The van der Waals surface area contributed by atoms with Crippen molar-refractivity contribution in [2.75, 3.05) is 7.11 Å². The average Bonchev–Trinajstić information content (AvgIpc) is 2.06. The van der Waals surface area contributed by atoms with Gasteiger partial charge in [-0.15, -0.1) is 6.42 Å². The minimum atomic E-state index is 0.521. The molecule has 0 unspecified atom stereocenters. The van der Waals surface area contributed by atoms with E-state index in [1.54, 1.807) is 13.3 Å². The van der Waals surface area contributed by atoms with Gasteiger partial charge in [0, 0.05) is 18.9 Å². The van der Waals surface area contributed by atoms with Crippen LogP contribution in [0.3, 0.4) is 0 Å². The number of hydrogen-bond acceptors (Lipinski definition) is 2. The zero-order valence-corrected chi connectivity index (χ0v) is 6.37. The number of rotatable bonds is 2. The highest BCUT2D eigenvalue weighted by molar-refractivity contribution is 5.32. The van der Waals surface area contributed by atoms with E-state index in [0.717, 1.165) is 5.56 Å². The molecule has 56 valence electrons. The molecule has 0 aliphatic heterocycles. The smallest absolute Gasteiger partial charge is 0.118 e. The van der Waals surface area contributed by atoms with Crippen LogP contribution in [-0.2, 0) is 11.3 Å². The first-order chi connectivity index (χ1) is 5.38. The summed E-state index contributed by atoms with van der Waals surface area (Å²) in [5.41, 5.74) is 1.62. The van der Waals surface area contributed by atoms with Gasteiger partial charge in [0.1, 0.15) is 5.69 Å². The molecule has 2 heteroatoms. The van der Waals surface area contributed by atoms with Gasteiger partial charge in [0.2, 0.25) is 0 Å². The number of ether oxygens (including phenoxy) is 1. The Morgan fingerprint density at radius 2 is 2.55 bits per heavy atom. The van der Waals surface area contributed by atoms with Crippen LogP contribution in [0.4, 0.5) is 0 Å². The molecule has 0 radical (unpaired) electrons. The quantitative estimate of drug-likeness (QED) is 0.586. The summed E-state index contributed by atoms with van der Waals surface area (Å²) in [5.74, 6) is 2.49. The van der Waals surface area contributed by atoms with E-state index in [2.05, 4.69) is 10.9 Å². The van der Waals surface area contributed by atoms with E-state index < -0.39 is 0 Å². The summed E-state index contributed by atoms with van der Waals surface area (Å²) < 4.78 is 4.93. The lowest BCUT2D eigenvalue weighted by Gasteiger charge is -2.00. The second-order valence-corrected chi connectivity index (χ2v) is 2.09. The minimum Gasteiger partial charge on any atom is -0.380 e. The molecule has 1 rings (SSSR count). The van der Waals surface area contributed by atoms with Crippen molar-refractivity contribution in [1.29, 1.82) is 0 Å². The van der Waals surface area contributed by atoms with Crippen LogP contribution in [0.2, 0.25) is 0 Å². The Balaban J connectivity index is 2.95. The van der Waals surface area contributed by atoms with E-state index in [4.69, 9.17) is 11.2 Å². The molecule has 0 N–H and O–H groups in total. The second kappa shape index (κ2) is 3.75. The standard InChI is InChI=1S/C9H9NO/c1-3-9-8(7-11-2)5-4-6-10-9/h1,4-6H,7H2,2H3. The lowest BCUT2D eigenvalue weighted by molar-refractivity contribution is 0.184. The number of terminal acetylenes is 1. The SMILES string of the molecule is C#Cc1ncccc1COC. The largest absolute Gasteiger partial charge is 0.380 e. The van der Waals surface area contributed by atoms with Crippen molar-refractivity contribution >= 4 is 0 Å². The first-order valence-corrected chi connectivity index (χ1v) is 3.28. The Hall–Kier alpha value is -1.33. The van der Waals surface area contributed by atoms with Gasteiger partial charge in [0.25, 0.3) is 0 Å². The maximum atomic E-state index is 5.21. The van der Waals surface area contributed by atoms with Crippen LogP contribution in [0.1, 0.15) is 11.3 Å². The van der Waals surface area contributed by atoms with Gasteiger partial charge in [-0.3, -0.25) is 0 Å². The highest BCUT2D eigenvalue weighted by atomic mass is 16.5. The van der Waals surface area contributed by atoms with Crippen molar-refractivity contribution in [1.82, 2.24) is 4.98 Å². The van der Waals surface area contributed by atoms with Gasteiger partial charge in [0.15, 0.2) is 0 Å². The van der Waals surface area contributed by atoms with Crippen LogP contribution in [0.15, 0.2) is 18.3 Å². The number of methoxy groups -OCH3 is 1. The van der Waals surface area contributed by atoms with Crippen LogP contribution in [0, 0.1) is 12.3 Å². The molecule has 0 atom stereocenters. The van der Waals surface area contributed by atoms with Crippen molar-refractivity contribution < 1.29 is 4.74 Å². The van der Waals surface area contributed by atoms with Gasteiger partial charge < -0.3 is 4.74 Å². The summed E-state index contributed by atoms with van der Waals surface area (Å²) in [6, 6.07) is 3.75. The summed E-state index contributed by atoms with van der Waals surface area (Å²) >= 11 is 0. The minimum absolute atomic E-state index is 0.521. The fourth-order valence-corrected chi connectivity index (χ4v) is 0.841. The molecule has 0 amide bonds. The third-order valence-electron chi connectivity index (χ3n) is 1.33. The summed E-state index contributed by atoms with van der Waals surface area (Å²) in [6.45, 7) is 0.521. The molecular formula is C9H9NO. The number of nitrogens with zero attached hydrogens (tertiary/aromatic N) is 1. The summed E-state index contributed by atoms with van der Waals surface area (Å²) in [5, 5.41) is 0. The van der Waals surface area contributed by atoms with Gasteiger partial charge in [0.05, 0.1) is 6.61 Å². The fourth-order valence-electron chi connectivity index (χ4n) is 0.841. The third-order valence-corrected chi connectivity index (χ3v) is 1.33. The van der Waals surface area contributed by atoms with Crippen LogP contribution >= 0.6 is 0 Å². The highest BCUT2D eigenvalue weighted by Gasteiger charge is 1.97. The van der Waals surface area contributed by atoms with Crippen LogP contribution in [0.25, 0.3) is 0 Å². The predicted octanol–water partition coefficient (Wildman–Crippen LogP) is 1.21. The third kappa shape index (κ3) is 1.79. The van der Waals surface area contributed by atoms with E-state index in [1.165, 1.54) is 0 Å². The van der Waals surface area contributed by atoms with E-state index >= 15 is 0 Å². The fraction of sp³-hybridized carbons (Fsp3) is 0.222. The predicted molar refractivity (Wildman–Crippen MR) is 42.9 cm³/mol. The molecule has 0 spiro atoms. The topological polar surface area (TPSA) is 22.1 Å². The van der Waals surface area contributed by atoms with Gasteiger partial charge in [-0.05, 0) is 12.0 Å². The zero-order valence-electron chi connectivity index (χ0n) is 6.37. The van der Waals surface area contributed by atoms with E-state index in [9.17, 15) is 0 Å². The zero-order chi connectivity index (χ0) is 8.10. The Morgan fingerprint density at radius 3 is 3.18 bits per heavy atom. The van der Waals surface area contributed by atoms with Gasteiger partial charge in [-0.25, -0.2) is 4.98 Å². The summed E-state index contributed by atoms with van der Waals surface area (Å²) in [7, 11) is 1.63. The maximum Gasteiger partial charge on any atom is 0.118 e. The molecule has 0 bridgehead atoms. The Kier molecular flexibility index (Phi) is 2.65. The molecule has 0 aliphatic rings. The molecule has 0 saturated carbocycles. The molecular weight excluding hydrogens is 138 g/mol. The first-order valence-electron chi connectivity index (χ1n) is 3.28. The second-order valence-electron chi connectivity index (χ2n) is 2.09. The normalized spacial score (nSPS) is 9.09. The molecule has 0 aromatic carbocycles. The number of pyridine rings is 1. The van der Waals surface area contributed by atoms with Crippen molar-refractivity contribution in [3.63, 3.8) is 0 Å². The summed E-state index contributed by atoms with van der Waals surface area (Å²) in [4.78, 5) is 4.00. The lowest BCUT2D eigenvalue weighted by atomic mass is 10.2. The van der Waals surface area contributed by atoms with E-state index in [1.807, 2.05) is 12.1 Å². The number of aromatic nitrogens is 1. The highest BCUT2D eigenvalue weighted by Crippen LogP contribution is 2.04. The monoisotopic (exact) mass is 147 g/mol. The average molecular weight is 147 g/mol. The number of hydrogen-bond donors (Lipinski definition) is 0. The van der Waals surface area contributed by atoms with E-state index in [-0.39, 0.29) is 0 Å². The summed E-state index contributed by atoms with van der Waals surface area (Å²) in [6.07, 6.45) is 6.89. The van der Waals surface area contributed by atoms with Crippen molar-refractivity contribution in [3.05, 3.63) is 29.6 Å². The molecule has 1 aromatic rings. The van der Waals surface area contributed by atoms with Crippen molar-refractivity contribution in [2.24, 2.45) is 0 Å². The Morgan fingerprint density at radius 1 is 1.73 bits per heavy atom.